The van der Waals surface area contributed by atoms with E-state index in [9.17, 15) is 0 Å². The summed E-state index contributed by atoms with van der Waals surface area (Å²) in [6.07, 6.45) is 9.25. The summed E-state index contributed by atoms with van der Waals surface area (Å²) in [7, 11) is 2.42. The Morgan fingerprint density at radius 2 is 2.29 bits per heavy atom. The Morgan fingerprint density at radius 3 is 2.94 bits per heavy atom. The van der Waals surface area contributed by atoms with Crippen LogP contribution in [0.4, 0.5) is 0 Å². The van der Waals surface area contributed by atoms with Crippen LogP contribution in [0.15, 0.2) is 24.5 Å². The number of likely N-dealkylation sites (tertiary alicyclic amines) is 1. The van der Waals surface area contributed by atoms with Crippen LogP contribution >= 0.6 is 0 Å². The zero-order valence-electron chi connectivity index (χ0n) is 10.9. The van der Waals surface area contributed by atoms with Crippen molar-refractivity contribution in [2.75, 3.05) is 20.1 Å². The Kier molecular flexibility index (Phi) is 5.86. The van der Waals surface area contributed by atoms with Crippen molar-refractivity contribution in [3.63, 3.8) is 0 Å². The fraction of sp³-hybridized carbons (Fsp3) is 0.643. The minimum atomic E-state index is 0. The van der Waals surface area contributed by atoms with Gasteiger partial charge in [-0.15, -0.1) is 0 Å². The van der Waals surface area contributed by atoms with Gasteiger partial charge in [0.05, 0.1) is 20.1 Å². The van der Waals surface area contributed by atoms with Gasteiger partial charge in [-0.1, -0.05) is 19.4 Å². The van der Waals surface area contributed by atoms with Crippen molar-refractivity contribution in [2.24, 2.45) is 0 Å². The molecule has 1 aromatic rings. The number of quaternary nitrogens is 1. The second-order valence-corrected chi connectivity index (χ2v) is 5.22. The third kappa shape index (κ3) is 3.41. The Hall–Kier alpha value is -0.160. The number of hydrogen-bond acceptors (Lipinski definition) is 1. The first-order chi connectivity index (χ1) is 7.76. The van der Waals surface area contributed by atoms with E-state index in [0.29, 0.717) is 6.04 Å². The highest BCUT2D eigenvalue weighted by Gasteiger charge is 2.38. The smallest absolute Gasteiger partial charge is 0.116 e. The summed E-state index contributed by atoms with van der Waals surface area (Å²) < 4.78 is 1.22. The highest BCUT2D eigenvalue weighted by Crippen LogP contribution is 2.37. The quantitative estimate of drug-likeness (QED) is 0.560. The molecule has 1 fully saturated rings. The number of rotatable bonds is 4. The molecule has 0 aliphatic carbocycles. The van der Waals surface area contributed by atoms with Gasteiger partial charge in [-0.2, -0.15) is 0 Å². The average Bonchev–Trinajstić information content (AvgIpc) is 2.70. The summed E-state index contributed by atoms with van der Waals surface area (Å²) in [4.78, 5) is 4.27. The Bertz CT molecular complexity index is 328. The molecule has 2 rings (SSSR count). The SMILES string of the molecule is CCCC[N+]1(C)CCCC1c1cccnc1.[I-]. The molecule has 96 valence electrons. The topological polar surface area (TPSA) is 12.9 Å². The third-order valence-corrected chi connectivity index (χ3v) is 3.99. The lowest BCUT2D eigenvalue weighted by atomic mass is 10.1. The fourth-order valence-corrected chi connectivity index (χ4v) is 3.00. The van der Waals surface area contributed by atoms with Gasteiger partial charge in [0.25, 0.3) is 0 Å². The molecule has 0 spiro atoms. The van der Waals surface area contributed by atoms with Crippen molar-refractivity contribution < 1.29 is 28.5 Å². The van der Waals surface area contributed by atoms with Crippen molar-refractivity contribution in [3.05, 3.63) is 30.1 Å². The van der Waals surface area contributed by atoms with Crippen molar-refractivity contribution in [1.29, 1.82) is 0 Å². The molecule has 2 nitrogen and oxygen atoms in total. The Morgan fingerprint density at radius 1 is 1.47 bits per heavy atom. The molecule has 0 bridgehead atoms. The highest BCUT2D eigenvalue weighted by atomic mass is 127. The molecule has 1 aliphatic heterocycles. The van der Waals surface area contributed by atoms with Crippen LogP contribution in [0.3, 0.4) is 0 Å². The predicted octanol–water partition coefficient (Wildman–Crippen LogP) is 0.167. The summed E-state index contributed by atoms with van der Waals surface area (Å²) in [5, 5.41) is 0. The molecule has 17 heavy (non-hydrogen) atoms. The lowest BCUT2D eigenvalue weighted by molar-refractivity contribution is -0.927. The van der Waals surface area contributed by atoms with Crippen LogP contribution < -0.4 is 24.0 Å². The molecule has 0 radical (unpaired) electrons. The minimum Gasteiger partial charge on any atom is -1.00 e. The maximum absolute atomic E-state index is 4.27. The second kappa shape index (κ2) is 6.69. The first-order valence-corrected chi connectivity index (χ1v) is 6.50. The van der Waals surface area contributed by atoms with E-state index in [2.05, 4.69) is 37.3 Å². The van der Waals surface area contributed by atoms with Crippen LogP contribution in [0, 0.1) is 0 Å². The van der Waals surface area contributed by atoms with Crippen molar-refractivity contribution in [3.8, 4) is 0 Å². The van der Waals surface area contributed by atoms with Crippen LogP contribution in [-0.2, 0) is 0 Å². The highest BCUT2D eigenvalue weighted by molar-refractivity contribution is 5.12. The molecule has 2 unspecified atom stereocenters. The molecular formula is C14H23IN2. The molecule has 2 heterocycles. The normalized spacial score (nSPS) is 27.8. The van der Waals surface area contributed by atoms with Gasteiger partial charge in [0.15, 0.2) is 0 Å². The lowest BCUT2D eigenvalue weighted by Crippen LogP contribution is -3.00. The molecule has 2 atom stereocenters. The fourth-order valence-electron chi connectivity index (χ4n) is 3.00. The summed E-state index contributed by atoms with van der Waals surface area (Å²) >= 11 is 0. The molecule has 1 aliphatic rings. The van der Waals surface area contributed by atoms with Gasteiger partial charge in [-0.3, -0.25) is 4.98 Å². The van der Waals surface area contributed by atoms with Crippen molar-refractivity contribution in [2.45, 2.75) is 38.6 Å². The zero-order valence-corrected chi connectivity index (χ0v) is 13.1. The van der Waals surface area contributed by atoms with Crippen LogP contribution in [0.25, 0.3) is 0 Å². The van der Waals surface area contributed by atoms with Gasteiger partial charge in [-0.05, 0) is 12.5 Å². The number of hydrogen-bond donors (Lipinski definition) is 0. The van der Waals surface area contributed by atoms with Crippen molar-refractivity contribution >= 4 is 0 Å². The van der Waals surface area contributed by atoms with E-state index in [1.807, 2.05) is 6.20 Å². The lowest BCUT2D eigenvalue weighted by Gasteiger charge is -2.36. The largest absolute Gasteiger partial charge is 1.00 e. The van der Waals surface area contributed by atoms with Gasteiger partial charge in [-0.25, -0.2) is 0 Å². The molecule has 1 aromatic heterocycles. The summed E-state index contributed by atoms with van der Waals surface area (Å²) in [6, 6.07) is 4.99. The molecule has 0 N–H and O–H groups in total. The molecule has 0 aromatic carbocycles. The van der Waals surface area contributed by atoms with E-state index >= 15 is 0 Å². The van der Waals surface area contributed by atoms with Crippen LogP contribution in [-0.4, -0.2) is 29.6 Å². The van der Waals surface area contributed by atoms with E-state index in [1.54, 1.807) is 0 Å². The minimum absolute atomic E-state index is 0. The average molecular weight is 346 g/mol. The van der Waals surface area contributed by atoms with Gasteiger partial charge in [0.2, 0.25) is 0 Å². The molecule has 0 amide bonds. The maximum atomic E-state index is 4.27. The second-order valence-electron chi connectivity index (χ2n) is 5.22. The number of pyridine rings is 1. The molecule has 3 heteroatoms. The van der Waals surface area contributed by atoms with E-state index in [4.69, 9.17) is 0 Å². The van der Waals surface area contributed by atoms with Crippen LogP contribution in [0.2, 0.25) is 0 Å². The number of nitrogens with zero attached hydrogens (tertiary/aromatic N) is 2. The Balaban J connectivity index is 0.00000144. The predicted molar refractivity (Wildman–Crippen MR) is 67.0 cm³/mol. The van der Waals surface area contributed by atoms with Crippen LogP contribution in [0.1, 0.15) is 44.2 Å². The van der Waals surface area contributed by atoms with Gasteiger partial charge in [0.1, 0.15) is 6.04 Å². The van der Waals surface area contributed by atoms with E-state index in [-0.39, 0.29) is 24.0 Å². The van der Waals surface area contributed by atoms with E-state index in [0.717, 1.165) is 0 Å². The molecular weight excluding hydrogens is 323 g/mol. The van der Waals surface area contributed by atoms with Crippen molar-refractivity contribution in [1.82, 2.24) is 4.98 Å². The molecule has 0 saturated carbocycles. The molecule has 1 saturated heterocycles. The number of aromatic nitrogens is 1. The monoisotopic (exact) mass is 346 g/mol. The summed E-state index contributed by atoms with van der Waals surface area (Å²) in [5.74, 6) is 0. The zero-order chi connectivity index (χ0) is 11.4. The third-order valence-electron chi connectivity index (χ3n) is 3.99. The number of unbranched alkanes of at least 4 members (excludes halogenated alkanes) is 1. The number of halogens is 1. The van der Waals surface area contributed by atoms with Gasteiger partial charge < -0.3 is 28.5 Å². The van der Waals surface area contributed by atoms with Crippen LogP contribution in [0.5, 0.6) is 0 Å². The summed E-state index contributed by atoms with van der Waals surface area (Å²) in [6.45, 7) is 4.93. The summed E-state index contributed by atoms with van der Waals surface area (Å²) in [5.41, 5.74) is 1.43. The van der Waals surface area contributed by atoms with Gasteiger partial charge >= 0.3 is 0 Å². The van der Waals surface area contributed by atoms with E-state index < -0.39 is 0 Å². The standard InChI is InChI=1S/C14H23N2.HI/c1-3-4-10-16(2)11-6-8-14(16)13-7-5-9-15-12-13;/h5,7,9,12,14H,3-4,6,8,10-11H2,1-2H3;1H/q+1;/p-1. The first kappa shape index (κ1) is 14.9. The van der Waals surface area contributed by atoms with E-state index in [1.165, 1.54) is 48.8 Å². The first-order valence-electron chi connectivity index (χ1n) is 6.50. The Labute approximate surface area is 122 Å². The van der Waals surface area contributed by atoms with Gasteiger partial charge in [0, 0.05) is 30.8 Å². The maximum Gasteiger partial charge on any atom is 0.116 e.